The number of aromatic nitrogens is 1. The highest BCUT2D eigenvalue weighted by atomic mass is 35.5. The molecule has 1 amide bonds. The van der Waals surface area contributed by atoms with Crippen LogP contribution in [-0.4, -0.2) is 37.0 Å². The van der Waals surface area contributed by atoms with Crippen molar-refractivity contribution in [3.8, 4) is 0 Å². The van der Waals surface area contributed by atoms with Crippen molar-refractivity contribution in [3.05, 3.63) is 63.9 Å². The maximum absolute atomic E-state index is 11.9. The van der Waals surface area contributed by atoms with Gasteiger partial charge < -0.3 is 16.0 Å². The molecule has 1 aromatic heterocycles. The number of hydrogen-bond donors (Lipinski definition) is 3. The molecule has 0 aliphatic heterocycles. The van der Waals surface area contributed by atoms with Crippen molar-refractivity contribution in [1.82, 2.24) is 20.9 Å². The lowest BCUT2D eigenvalue weighted by Gasteiger charge is -2.13. The lowest BCUT2D eigenvalue weighted by Crippen LogP contribution is -2.41. The molecule has 2 rings (SSSR count). The molecule has 1 heterocycles. The number of carbonyl (C=O) groups excluding carboxylic acids is 1. The van der Waals surface area contributed by atoms with Crippen LogP contribution in [0.1, 0.15) is 15.9 Å². The van der Waals surface area contributed by atoms with Crippen molar-refractivity contribution in [2.75, 3.05) is 20.1 Å². The molecule has 0 fully saturated rings. The van der Waals surface area contributed by atoms with Gasteiger partial charge >= 0.3 is 0 Å². The van der Waals surface area contributed by atoms with Crippen LogP contribution < -0.4 is 16.0 Å². The summed E-state index contributed by atoms with van der Waals surface area (Å²) >= 11 is 12.0. The van der Waals surface area contributed by atoms with Crippen LogP contribution in [0.4, 0.5) is 0 Å². The fourth-order valence-electron chi connectivity index (χ4n) is 2.02. The second-order valence-electron chi connectivity index (χ2n) is 5.09. The number of amides is 1. The first kappa shape index (κ1) is 19.0. The minimum Gasteiger partial charge on any atom is -0.355 e. The van der Waals surface area contributed by atoms with E-state index in [1.165, 1.54) is 6.20 Å². The molecule has 0 atom stereocenters. The van der Waals surface area contributed by atoms with E-state index in [1.807, 2.05) is 6.07 Å². The lowest BCUT2D eigenvalue weighted by molar-refractivity contribution is 0.0954. The van der Waals surface area contributed by atoms with E-state index in [2.05, 4.69) is 25.9 Å². The van der Waals surface area contributed by atoms with E-state index in [1.54, 1.807) is 37.5 Å². The topological polar surface area (TPSA) is 78.4 Å². The molecule has 0 radical (unpaired) electrons. The predicted octanol–water partition coefficient (Wildman–Crippen LogP) is 2.48. The van der Waals surface area contributed by atoms with Crippen molar-refractivity contribution in [2.45, 2.75) is 6.54 Å². The molecular weight excluding hydrogens is 361 g/mol. The van der Waals surface area contributed by atoms with Gasteiger partial charge in [0.15, 0.2) is 5.96 Å². The normalized spacial score (nSPS) is 11.1. The van der Waals surface area contributed by atoms with E-state index in [-0.39, 0.29) is 5.91 Å². The molecule has 0 spiro atoms. The van der Waals surface area contributed by atoms with Crippen LogP contribution in [0.5, 0.6) is 0 Å². The first-order valence-corrected chi connectivity index (χ1v) is 8.42. The summed E-state index contributed by atoms with van der Waals surface area (Å²) in [5.74, 6) is 0.451. The maximum Gasteiger partial charge on any atom is 0.252 e. The zero-order chi connectivity index (χ0) is 18.1. The fourth-order valence-corrected chi connectivity index (χ4v) is 2.50. The van der Waals surface area contributed by atoms with Gasteiger partial charge in [-0.2, -0.15) is 0 Å². The van der Waals surface area contributed by atoms with E-state index in [9.17, 15) is 4.79 Å². The first-order chi connectivity index (χ1) is 12.1. The van der Waals surface area contributed by atoms with Gasteiger partial charge in [-0.1, -0.05) is 29.3 Å². The van der Waals surface area contributed by atoms with Gasteiger partial charge in [0, 0.05) is 49.1 Å². The number of guanidine groups is 1. The third-order valence-corrected chi connectivity index (χ3v) is 3.90. The molecular formula is C17H19Cl2N5O. The Balaban J connectivity index is 1.72. The van der Waals surface area contributed by atoms with Crippen LogP contribution >= 0.6 is 23.2 Å². The SMILES string of the molecule is CN=C(NCCNC(=O)c1cccnc1)NCc1ccc(Cl)cc1Cl. The number of carbonyl (C=O) groups is 1. The summed E-state index contributed by atoms with van der Waals surface area (Å²) < 4.78 is 0. The number of pyridine rings is 1. The Hall–Kier alpha value is -2.31. The van der Waals surface area contributed by atoms with Crippen LogP contribution in [0.25, 0.3) is 0 Å². The highest BCUT2D eigenvalue weighted by Crippen LogP contribution is 2.20. The Bertz CT molecular complexity index is 737. The van der Waals surface area contributed by atoms with Gasteiger partial charge in [0.25, 0.3) is 5.91 Å². The summed E-state index contributed by atoms with van der Waals surface area (Å²) in [5.41, 5.74) is 1.45. The number of halogens is 2. The predicted molar refractivity (Wildman–Crippen MR) is 101 cm³/mol. The molecule has 3 N–H and O–H groups in total. The van der Waals surface area contributed by atoms with E-state index in [0.29, 0.717) is 41.2 Å². The lowest BCUT2D eigenvalue weighted by atomic mass is 10.2. The van der Waals surface area contributed by atoms with Gasteiger partial charge in [0.05, 0.1) is 5.56 Å². The molecule has 25 heavy (non-hydrogen) atoms. The van der Waals surface area contributed by atoms with Crippen LogP contribution in [0.3, 0.4) is 0 Å². The molecule has 0 saturated carbocycles. The molecule has 8 heteroatoms. The molecule has 0 aliphatic rings. The zero-order valence-electron chi connectivity index (χ0n) is 13.7. The molecule has 1 aromatic carbocycles. The van der Waals surface area contributed by atoms with Crippen molar-refractivity contribution < 1.29 is 4.79 Å². The van der Waals surface area contributed by atoms with Crippen molar-refractivity contribution in [1.29, 1.82) is 0 Å². The average Bonchev–Trinajstić information content (AvgIpc) is 2.63. The van der Waals surface area contributed by atoms with Gasteiger partial charge in [0.1, 0.15) is 0 Å². The zero-order valence-corrected chi connectivity index (χ0v) is 15.2. The summed E-state index contributed by atoms with van der Waals surface area (Å²) in [4.78, 5) is 19.9. The second kappa shape index (κ2) is 9.86. The molecule has 2 aromatic rings. The van der Waals surface area contributed by atoms with E-state index in [0.717, 1.165) is 5.56 Å². The maximum atomic E-state index is 11.9. The quantitative estimate of drug-likeness (QED) is 0.409. The van der Waals surface area contributed by atoms with Gasteiger partial charge in [-0.3, -0.25) is 14.8 Å². The molecule has 0 aliphatic carbocycles. The van der Waals surface area contributed by atoms with E-state index in [4.69, 9.17) is 23.2 Å². The minimum absolute atomic E-state index is 0.161. The monoisotopic (exact) mass is 379 g/mol. The van der Waals surface area contributed by atoms with Crippen molar-refractivity contribution in [2.24, 2.45) is 4.99 Å². The summed E-state index contributed by atoms with van der Waals surface area (Å²) in [5, 5.41) is 10.3. The van der Waals surface area contributed by atoms with Crippen molar-refractivity contribution >= 4 is 35.1 Å². The molecule has 6 nitrogen and oxygen atoms in total. The number of benzene rings is 1. The Kier molecular flexibility index (Phi) is 7.50. The summed E-state index contributed by atoms with van der Waals surface area (Å²) in [6.45, 7) is 1.49. The highest BCUT2D eigenvalue weighted by molar-refractivity contribution is 6.35. The summed E-state index contributed by atoms with van der Waals surface area (Å²) in [7, 11) is 1.67. The summed E-state index contributed by atoms with van der Waals surface area (Å²) in [6.07, 6.45) is 3.15. The molecule has 0 saturated heterocycles. The third kappa shape index (κ3) is 6.25. The highest BCUT2D eigenvalue weighted by Gasteiger charge is 2.05. The third-order valence-electron chi connectivity index (χ3n) is 3.31. The minimum atomic E-state index is -0.161. The number of nitrogens with one attached hydrogen (secondary N) is 3. The Labute approximate surface area is 156 Å². The van der Waals surface area contributed by atoms with Gasteiger partial charge in [-0.25, -0.2) is 0 Å². The number of hydrogen-bond acceptors (Lipinski definition) is 3. The van der Waals surface area contributed by atoms with Crippen LogP contribution in [-0.2, 0) is 6.54 Å². The molecule has 0 unspecified atom stereocenters. The average molecular weight is 380 g/mol. The number of nitrogens with zero attached hydrogens (tertiary/aromatic N) is 2. The number of rotatable bonds is 6. The van der Waals surface area contributed by atoms with Crippen LogP contribution in [0.15, 0.2) is 47.7 Å². The Morgan fingerprint density at radius 2 is 1.96 bits per heavy atom. The molecule has 0 bridgehead atoms. The fraction of sp³-hybridized carbons (Fsp3) is 0.235. The standard InChI is InChI=1S/C17H19Cl2N5O/c1-20-17(24-11-12-4-5-14(18)9-15(12)19)23-8-7-22-16(25)13-3-2-6-21-10-13/h2-6,9-10H,7-8,11H2,1H3,(H,22,25)(H2,20,23,24). The van der Waals surface area contributed by atoms with E-state index < -0.39 is 0 Å². The molecule has 132 valence electrons. The largest absolute Gasteiger partial charge is 0.355 e. The first-order valence-electron chi connectivity index (χ1n) is 7.67. The van der Waals surface area contributed by atoms with Crippen LogP contribution in [0.2, 0.25) is 10.0 Å². The van der Waals surface area contributed by atoms with E-state index >= 15 is 0 Å². The van der Waals surface area contributed by atoms with Gasteiger partial charge in [-0.05, 0) is 29.8 Å². The Morgan fingerprint density at radius 1 is 1.16 bits per heavy atom. The smallest absolute Gasteiger partial charge is 0.252 e. The van der Waals surface area contributed by atoms with Gasteiger partial charge in [0.2, 0.25) is 0 Å². The second-order valence-corrected chi connectivity index (χ2v) is 5.93. The van der Waals surface area contributed by atoms with Crippen molar-refractivity contribution in [3.63, 3.8) is 0 Å². The summed E-state index contributed by atoms with van der Waals surface area (Å²) in [6, 6.07) is 8.78. The van der Waals surface area contributed by atoms with Crippen LogP contribution in [0, 0.1) is 0 Å². The number of aliphatic imine (C=N–C) groups is 1. The van der Waals surface area contributed by atoms with Gasteiger partial charge in [-0.15, -0.1) is 0 Å². The Morgan fingerprint density at radius 3 is 2.64 bits per heavy atom.